The molecule has 0 atom stereocenters. The van der Waals surface area contributed by atoms with E-state index in [1.807, 2.05) is 24.7 Å². The minimum atomic E-state index is 0.772. The van der Waals surface area contributed by atoms with Crippen molar-refractivity contribution >= 4 is 38.5 Å². The largest absolute Gasteiger partial charge is 0.288 e. The van der Waals surface area contributed by atoms with E-state index in [2.05, 4.69) is 75.0 Å². The van der Waals surface area contributed by atoms with Crippen LogP contribution in [0.15, 0.2) is 85.3 Å². The fourth-order valence-electron chi connectivity index (χ4n) is 6.50. The highest BCUT2D eigenvalue weighted by Gasteiger charge is 2.28. The number of benzene rings is 3. The van der Waals surface area contributed by atoms with E-state index >= 15 is 0 Å². The lowest BCUT2D eigenvalue weighted by Gasteiger charge is -2.12. The van der Waals surface area contributed by atoms with Crippen LogP contribution >= 0.6 is 0 Å². The summed E-state index contributed by atoms with van der Waals surface area (Å²) in [5, 5.41) is 3.66. The first-order valence-corrected chi connectivity index (χ1v) is 12.0. The third kappa shape index (κ3) is 2.15. The van der Waals surface area contributed by atoms with Crippen molar-refractivity contribution in [3.8, 4) is 22.3 Å². The van der Waals surface area contributed by atoms with Crippen molar-refractivity contribution in [2.75, 3.05) is 0 Å². The van der Waals surface area contributed by atoms with E-state index in [9.17, 15) is 0 Å². The predicted molar refractivity (Wildman–Crippen MR) is 140 cm³/mol. The minimum Gasteiger partial charge on any atom is -0.288 e. The van der Waals surface area contributed by atoms with Crippen molar-refractivity contribution in [2.45, 2.75) is 12.8 Å². The number of hydrogen-bond acceptors (Lipinski definition) is 3. The molecule has 9 rings (SSSR count). The Morgan fingerprint density at radius 2 is 1.54 bits per heavy atom. The summed E-state index contributed by atoms with van der Waals surface area (Å²) in [4.78, 5) is 14.1. The lowest BCUT2D eigenvalue weighted by atomic mass is 9.96. The first-order chi connectivity index (χ1) is 17.3. The quantitative estimate of drug-likeness (QED) is 0.243. The van der Waals surface area contributed by atoms with Gasteiger partial charge in [0, 0.05) is 23.2 Å². The monoisotopic (exact) mass is 446 g/mol. The summed E-state index contributed by atoms with van der Waals surface area (Å²) in [6.45, 7) is 0. The molecule has 4 heteroatoms. The van der Waals surface area contributed by atoms with Crippen LogP contribution in [-0.4, -0.2) is 19.4 Å². The summed E-state index contributed by atoms with van der Waals surface area (Å²) in [5.41, 5.74) is 15.0. The molecule has 0 unspecified atom stereocenters. The highest BCUT2D eigenvalue weighted by molar-refractivity contribution is 6.16. The van der Waals surface area contributed by atoms with Gasteiger partial charge in [-0.2, -0.15) is 0 Å². The smallest absolute Gasteiger partial charge is 0.178 e. The van der Waals surface area contributed by atoms with Crippen LogP contribution in [0.2, 0.25) is 0 Å². The Balaban J connectivity index is 1.40. The van der Waals surface area contributed by atoms with E-state index < -0.39 is 0 Å². The lowest BCUT2D eigenvalue weighted by Crippen LogP contribution is -1.95. The third-order valence-corrected chi connectivity index (χ3v) is 7.97. The molecule has 4 heterocycles. The summed E-state index contributed by atoms with van der Waals surface area (Å²) < 4.78 is 2.24. The molecule has 0 saturated heterocycles. The molecule has 0 bridgehead atoms. The first-order valence-electron chi connectivity index (χ1n) is 12.0. The maximum atomic E-state index is 5.05. The van der Waals surface area contributed by atoms with Crippen molar-refractivity contribution in [1.82, 2.24) is 19.4 Å². The van der Waals surface area contributed by atoms with Gasteiger partial charge in [-0.1, -0.05) is 36.4 Å². The van der Waals surface area contributed by atoms with Gasteiger partial charge in [0.25, 0.3) is 0 Å². The van der Waals surface area contributed by atoms with Crippen molar-refractivity contribution < 1.29 is 0 Å². The van der Waals surface area contributed by atoms with Gasteiger partial charge >= 0.3 is 0 Å². The Bertz CT molecular complexity index is 2070. The van der Waals surface area contributed by atoms with Crippen molar-refractivity contribution in [3.63, 3.8) is 0 Å². The molecule has 3 aromatic carbocycles. The normalized spacial score (nSPS) is 13.5. The summed E-state index contributed by atoms with van der Waals surface area (Å²) in [6.07, 6.45) is 7.58. The molecule has 0 spiro atoms. The first kappa shape index (κ1) is 17.8. The van der Waals surface area contributed by atoms with Gasteiger partial charge in [-0.15, -0.1) is 0 Å². The number of rotatable bonds is 0. The number of hydrogen-bond donors (Lipinski definition) is 0. The van der Waals surface area contributed by atoms with E-state index in [-0.39, 0.29) is 0 Å². The standard InChI is InChI=1S/C31H18N4/c1-2-5-20-17(4-1)12-18-13-25-19(14-24(18)20)15-26-21(25)7-8-23-22-9-11-32-16-28(22)35-27-6-3-10-33-30(27)34-31(35)29(23)26/h1-11,13-14,16H,12,15H2. The Hall–Kier alpha value is -4.57. The molecule has 0 saturated carbocycles. The Labute approximate surface area is 200 Å². The van der Waals surface area contributed by atoms with Crippen LogP contribution in [0.1, 0.15) is 22.3 Å². The number of fused-ring (bicyclic) bond motifs is 15. The molecule has 0 aliphatic heterocycles. The van der Waals surface area contributed by atoms with E-state index in [0.717, 1.165) is 35.2 Å². The Kier molecular flexibility index (Phi) is 3.11. The van der Waals surface area contributed by atoms with Gasteiger partial charge in [0.1, 0.15) is 5.65 Å². The predicted octanol–water partition coefficient (Wildman–Crippen LogP) is 6.73. The maximum absolute atomic E-state index is 5.05. The van der Waals surface area contributed by atoms with Crippen LogP contribution in [0.5, 0.6) is 0 Å². The number of aromatic nitrogens is 4. The van der Waals surface area contributed by atoms with Crippen LogP contribution in [0, 0.1) is 0 Å². The van der Waals surface area contributed by atoms with E-state index in [0.29, 0.717) is 0 Å². The van der Waals surface area contributed by atoms with Crippen LogP contribution < -0.4 is 0 Å². The highest BCUT2D eigenvalue weighted by Crippen LogP contribution is 2.47. The second-order valence-electron chi connectivity index (χ2n) is 9.70. The zero-order chi connectivity index (χ0) is 22.7. The van der Waals surface area contributed by atoms with Gasteiger partial charge in [-0.05, 0) is 93.1 Å². The average molecular weight is 447 g/mol. The third-order valence-electron chi connectivity index (χ3n) is 7.97. The summed E-state index contributed by atoms with van der Waals surface area (Å²) in [7, 11) is 0. The fraction of sp³-hybridized carbons (Fsp3) is 0.0645. The van der Waals surface area contributed by atoms with E-state index in [1.165, 1.54) is 60.7 Å². The molecular formula is C31H18N4. The van der Waals surface area contributed by atoms with Crippen molar-refractivity contribution in [2.24, 2.45) is 0 Å². The van der Waals surface area contributed by atoms with Crippen LogP contribution in [0.4, 0.5) is 0 Å². The summed E-state index contributed by atoms with van der Waals surface area (Å²) in [6, 6.07) is 24.5. The summed E-state index contributed by atoms with van der Waals surface area (Å²) in [5.74, 6) is 0. The molecule has 0 fully saturated rings. The molecule has 4 aromatic heterocycles. The molecule has 0 N–H and O–H groups in total. The molecule has 0 radical (unpaired) electrons. The second-order valence-corrected chi connectivity index (χ2v) is 9.70. The minimum absolute atomic E-state index is 0.772. The average Bonchev–Trinajstić information content (AvgIpc) is 3.58. The Morgan fingerprint density at radius 1 is 0.657 bits per heavy atom. The van der Waals surface area contributed by atoms with Gasteiger partial charge in [0.15, 0.2) is 5.65 Å². The zero-order valence-electron chi connectivity index (χ0n) is 18.8. The van der Waals surface area contributed by atoms with Crippen LogP contribution in [0.25, 0.3) is 60.7 Å². The molecule has 7 aromatic rings. The SMILES string of the molecule is c1ccc2c(c1)Cc1cc3c(cc1-2)Cc1c-3ccc2c3ccncc3n3c4cccnc4nc3c12. The summed E-state index contributed by atoms with van der Waals surface area (Å²) >= 11 is 0. The number of imidazole rings is 1. The molecule has 4 nitrogen and oxygen atoms in total. The van der Waals surface area contributed by atoms with Gasteiger partial charge in [0.05, 0.1) is 17.2 Å². The van der Waals surface area contributed by atoms with E-state index in [1.54, 1.807) is 0 Å². The topological polar surface area (TPSA) is 43.1 Å². The Morgan fingerprint density at radius 3 is 2.51 bits per heavy atom. The number of nitrogens with zero attached hydrogens (tertiary/aromatic N) is 4. The highest BCUT2D eigenvalue weighted by atomic mass is 15.1. The fourth-order valence-corrected chi connectivity index (χ4v) is 6.50. The molecule has 0 amide bonds. The van der Waals surface area contributed by atoms with Gasteiger partial charge in [-0.25, -0.2) is 9.97 Å². The van der Waals surface area contributed by atoms with E-state index in [4.69, 9.17) is 4.98 Å². The molecule has 2 aliphatic carbocycles. The molecule has 35 heavy (non-hydrogen) atoms. The number of pyridine rings is 3. The zero-order valence-corrected chi connectivity index (χ0v) is 18.8. The maximum Gasteiger partial charge on any atom is 0.178 e. The van der Waals surface area contributed by atoms with Gasteiger partial charge in [-0.3, -0.25) is 9.38 Å². The molecule has 162 valence electrons. The molecular weight excluding hydrogens is 428 g/mol. The molecule has 2 aliphatic rings. The van der Waals surface area contributed by atoms with Crippen LogP contribution in [0.3, 0.4) is 0 Å². The van der Waals surface area contributed by atoms with Gasteiger partial charge in [0.2, 0.25) is 0 Å². The lowest BCUT2D eigenvalue weighted by molar-refractivity contribution is 1.24. The van der Waals surface area contributed by atoms with Crippen LogP contribution in [-0.2, 0) is 12.8 Å². The van der Waals surface area contributed by atoms with Crippen molar-refractivity contribution in [3.05, 3.63) is 108 Å². The van der Waals surface area contributed by atoms with Crippen molar-refractivity contribution in [1.29, 1.82) is 0 Å². The second kappa shape index (κ2) is 6.10. The van der Waals surface area contributed by atoms with Gasteiger partial charge < -0.3 is 0 Å².